The Morgan fingerprint density at radius 3 is 2.27 bits per heavy atom. The summed E-state index contributed by atoms with van der Waals surface area (Å²) in [5, 5.41) is 4.79. The molecule has 2 N–H and O–H groups in total. The number of nitrogens with one attached hydrogen (secondary N) is 2. The topological polar surface area (TPSA) is 127 Å². The van der Waals surface area contributed by atoms with Gasteiger partial charge in [-0.1, -0.05) is 0 Å². The Kier molecular flexibility index (Phi) is 9.85. The third-order valence-electron chi connectivity index (χ3n) is 9.11. The lowest BCUT2D eigenvalue weighted by atomic mass is 9.66. The van der Waals surface area contributed by atoms with Gasteiger partial charge >= 0.3 is 11.9 Å². The second-order valence-corrected chi connectivity index (χ2v) is 11.3. The number of hydrogen-bond acceptors (Lipinski definition) is 10. The van der Waals surface area contributed by atoms with Crippen LogP contribution in [0.15, 0.2) is 30.3 Å². The van der Waals surface area contributed by atoms with E-state index in [1.54, 1.807) is 26.4 Å². The van der Waals surface area contributed by atoms with Crippen molar-refractivity contribution in [1.29, 1.82) is 0 Å². The van der Waals surface area contributed by atoms with Crippen LogP contribution in [0.25, 0.3) is 10.9 Å². The van der Waals surface area contributed by atoms with Gasteiger partial charge in [-0.15, -0.1) is 0 Å². The first-order valence-electron chi connectivity index (χ1n) is 14.9. The largest absolute Gasteiger partial charge is 0.497 e. The lowest BCUT2D eigenvalue weighted by Crippen LogP contribution is -2.54. The highest BCUT2D eigenvalue weighted by atomic mass is 16.6. The fraction of sp³-hybridized carbons (Fsp3) is 0.515. The van der Waals surface area contributed by atoms with Crippen LogP contribution >= 0.6 is 0 Å². The molecule has 3 aromatic rings. The molecule has 5 rings (SSSR count). The monoisotopic (exact) mass is 610 g/mol. The maximum atomic E-state index is 13.5. The number of hydrogen-bond donors (Lipinski definition) is 2. The van der Waals surface area contributed by atoms with Crippen molar-refractivity contribution in [1.82, 2.24) is 10.3 Å². The number of fused-ring (bicyclic) bond motifs is 4. The van der Waals surface area contributed by atoms with E-state index in [0.29, 0.717) is 30.2 Å². The smallest absolute Gasteiger partial charge is 0.338 e. The fourth-order valence-electron chi connectivity index (χ4n) is 7.02. The number of H-pyrrole nitrogens is 1. The first-order chi connectivity index (χ1) is 21.4. The summed E-state index contributed by atoms with van der Waals surface area (Å²) >= 11 is 0. The Morgan fingerprint density at radius 1 is 0.886 bits per heavy atom. The minimum atomic E-state index is -0.691. The molecule has 0 radical (unpaired) electrons. The molecule has 2 heterocycles. The molecule has 5 unspecified atom stereocenters. The average molecular weight is 611 g/mol. The summed E-state index contributed by atoms with van der Waals surface area (Å²) in [6.45, 7) is 1.43. The molecule has 11 nitrogen and oxygen atoms in total. The highest BCUT2D eigenvalue weighted by Crippen LogP contribution is 2.43. The molecule has 238 valence electrons. The number of methoxy groups -OCH3 is 6. The van der Waals surface area contributed by atoms with Crippen LogP contribution in [0.3, 0.4) is 0 Å². The first kappa shape index (κ1) is 31.5. The minimum Gasteiger partial charge on any atom is -0.497 e. The predicted molar refractivity (Wildman–Crippen MR) is 163 cm³/mol. The van der Waals surface area contributed by atoms with Crippen molar-refractivity contribution in [3.05, 3.63) is 47.2 Å². The molecule has 1 aromatic heterocycles. The summed E-state index contributed by atoms with van der Waals surface area (Å²) in [6.07, 6.45) is 1.50. The number of ether oxygens (including phenoxy) is 7. The summed E-state index contributed by atoms with van der Waals surface area (Å²) in [5.41, 5.74) is 3.70. The number of aryl methyl sites for hydroxylation is 1. The SMILES string of the molecule is COC(=O)C1C2CCc3[nH]c4cc(OC)ccc4c3CCNCC2CC(OC(=O)c2cc(OC)c(OC)c(OC)c2)C1OC. The van der Waals surface area contributed by atoms with Gasteiger partial charge in [-0.05, 0) is 80.4 Å². The molecular formula is C33H42N2O9. The van der Waals surface area contributed by atoms with Gasteiger partial charge < -0.3 is 43.5 Å². The van der Waals surface area contributed by atoms with Crippen molar-refractivity contribution >= 4 is 22.8 Å². The van der Waals surface area contributed by atoms with Gasteiger partial charge in [-0.2, -0.15) is 0 Å². The van der Waals surface area contributed by atoms with E-state index in [0.717, 1.165) is 42.8 Å². The molecule has 2 aliphatic rings. The summed E-state index contributed by atoms with van der Waals surface area (Å²) in [7, 11) is 9.06. The van der Waals surface area contributed by atoms with Crippen LogP contribution in [0.2, 0.25) is 0 Å². The Morgan fingerprint density at radius 2 is 1.64 bits per heavy atom. The van der Waals surface area contributed by atoms with E-state index in [9.17, 15) is 9.59 Å². The van der Waals surface area contributed by atoms with Crippen molar-refractivity contribution in [2.45, 2.75) is 37.9 Å². The highest BCUT2D eigenvalue weighted by molar-refractivity contribution is 5.91. The number of aromatic amines is 1. The second kappa shape index (κ2) is 13.8. The summed E-state index contributed by atoms with van der Waals surface area (Å²) in [6, 6.07) is 9.20. The molecule has 0 amide bonds. The van der Waals surface area contributed by atoms with Crippen LogP contribution in [0.5, 0.6) is 23.0 Å². The van der Waals surface area contributed by atoms with Gasteiger partial charge in [0.15, 0.2) is 11.5 Å². The lowest BCUT2D eigenvalue weighted by molar-refractivity contribution is -0.169. The lowest BCUT2D eigenvalue weighted by Gasteiger charge is -2.45. The predicted octanol–water partition coefficient (Wildman–Crippen LogP) is 3.95. The van der Waals surface area contributed by atoms with Gasteiger partial charge in [-0.25, -0.2) is 4.79 Å². The van der Waals surface area contributed by atoms with Crippen LogP contribution < -0.4 is 24.3 Å². The van der Waals surface area contributed by atoms with Crippen molar-refractivity contribution < 1.29 is 42.7 Å². The molecule has 2 aromatic carbocycles. The highest BCUT2D eigenvalue weighted by Gasteiger charge is 2.50. The molecule has 0 spiro atoms. The van der Waals surface area contributed by atoms with Gasteiger partial charge in [0.2, 0.25) is 5.75 Å². The normalized spacial score (nSPS) is 23.5. The van der Waals surface area contributed by atoms with E-state index >= 15 is 0 Å². The van der Waals surface area contributed by atoms with E-state index in [2.05, 4.69) is 16.4 Å². The second-order valence-electron chi connectivity index (χ2n) is 11.3. The molecule has 5 atom stereocenters. The number of carbonyl (C=O) groups is 2. The standard InChI is InChI=1S/C33H42N2O9/c1-38-20-7-8-22-23-11-12-34-17-19-15-28(44-32(36)18-13-26(39-2)30(41-4)27(14-18)40-3)31(42-5)29(33(37)43-6)21(19)9-10-24(23)35-25(22)16-20/h7-8,13-14,16,19,21,28-29,31,34-35H,9-12,15,17H2,1-6H3. The fourth-order valence-corrected chi connectivity index (χ4v) is 7.02. The van der Waals surface area contributed by atoms with Crippen molar-refractivity contribution in [3.63, 3.8) is 0 Å². The number of benzene rings is 2. The summed E-state index contributed by atoms with van der Waals surface area (Å²) in [5.74, 6) is 0.232. The summed E-state index contributed by atoms with van der Waals surface area (Å²) in [4.78, 5) is 30.6. The van der Waals surface area contributed by atoms with Crippen molar-refractivity contribution in [3.8, 4) is 23.0 Å². The van der Waals surface area contributed by atoms with Crippen LogP contribution in [0.4, 0.5) is 0 Å². The molecule has 1 fully saturated rings. The van der Waals surface area contributed by atoms with Gasteiger partial charge in [0.25, 0.3) is 0 Å². The van der Waals surface area contributed by atoms with Gasteiger partial charge in [0.05, 0.1) is 47.0 Å². The molecule has 0 bridgehead atoms. The summed E-state index contributed by atoms with van der Waals surface area (Å²) < 4.78 is 39.0. The zero-order valence-electron chi connectivity index (χ0n) is 26.2. The Hall–Kier alpha value is -3.96. The number of carbonyl (C=O) groups excluding carboxylic acids is 2. The minimum absolute atomic E-state index is 0.0364. The number of esters is 2. The third-order valence-corrected chi connectivity index (χ3v) is 9.11. The van der Waals surface area contributed by atoms with E-state index in [1.165, 1.54) is 39.4 Å². The van der Waals surface area contributed by atoms with Crippen molar-refractivity contribution in [2.75, 3.05) is 55.7 Å². The molecule has 44 heavy (non-hydrogen) atoms. The maximum absolute atomic E-state index is 13.5. The van der Waals surface area contributed by atoms with E-state index in [1.807, 2.05) is 12.1 Å². The zero-order chi connectivity index (χ0) is 31.4. The number of aromatic nitrogens is 1. The van der Waals surface area contributed by atoms with E-state index in [4.69, 9.17) is 33.2 Å². The molecular weight excluding hydrogens is 568 g/mol. The molecule has 1 aliphatic heterocycles. The Labute approximate surface area is 257 Å². The van der Waals surface area contributed by atoms with Crippen LogP contribution in [-0.2, 0) is 31.8 Å². The van der Waals surface area contributed by atoms with Crippen molar-refractivity contribution in [2.24, 2.45) is 17.8 Å². The molecule has 0 saturated heterocycles. The quantitative estimate of drug-likeness (QED) is 0.362. The van der Waals surface area contributed by atoms with E-state index in [-0.39, 0.29) is 23.4 Å². The number of rotatable bonds is 8. The van der Waals surface area contributed by atoms with E-state index < -0.39 is 24.1 Å². The van der Waals surface area contributed by atoms with Crippen LogP contribution in [0, 0.1) is 17.8 Å². The Bertz CT molecular complexity index is 1460. The zero-order valence-corrected chi connectivity index (χ0v) is 26.2. The van der Waals surface area contributed by atoms with Gasteiger partial charge in [0.1, 0.15) is 18.0 Å². The van der Waals surface area contributed by atoms with Crippen LogP contribution in [0.1, 0.15) is 34.5 Å². The molecule has 1 saturated carbocycles. The van der Waals surface area contributed by atoms with Gasteiger partial charge in [-0.3, -0.25) is 4.79 Å². The average Bonchev–Trinajstić information content (AvgIpc) is 3.40. The maximum Gasteiger partial charge on any atom is 0.338 e. The van der Waals surface area contributed by atoms with Gasteiger partial charge in [0, 0.05) is 29.8 Å². The Balaban J connectivity index is 1.44. The molecule has 11 heteroatoms. The third kappa shape index (κ3) is 6.03. The molecule has 1 aliphatic carbocycles. The first-order valence-corrected chi connectivity index (χ1v) is 14.9. The van der Waals surface area contributed by atoms with Crippen LogP contribution in [-0.4, -0.2) is 84.9 Å².